The highest BCUT2D eigenvalue weighted by molar-refractivity contribution is 7.13. The Kier molecular flexibility index (Phi) is 3.21. The molecule has 1 saturated carbocycles. The molecule has 3 rings (SSSR count). The van der Waals surface area contributed by atoms with E-state index in [0.29, 0.717) is 12.5 Å². The van der Waals surface area contributed by atoms with Crippen molar-refractivity contribution in [1.29, 1.82) is 5.41 Å². The quantitative estimate of drug-likeness (QED) is 0.650. The lowest BCUT2D eigenvalue weighted by Gasteiger charge is -2.02. The zero-order valence-electron chi connectivity index (χ0n) is 10.4. The van der Waals surface area contributed by atoms with Gasteiger partial charge in [0.1, 0.15) is 23.2 Å². The molecule has 3 N–H and O–H groups in total. The predicted molar refractivity (Wildman–Crippen MR) is 75.9 cm³/mol. The van der Waals surface area contributed by atoms with Gasteiger partial charge in [0, 0.05) is 5.92 Å². The molecule has 98 valence electrons. The molecule has 1 heterocycles. The van der Waals surface area contributed by atoms with Crippen molar-refractivity contribution in [2.75, 3.05) is 0 Å². The molecule has 0 unspecified atom stereocenters. The Morgan fingerprint density at radius 3 is 2.74 bits per heavy atom. The van der Waals surface area contributed by atoms with Gasteiger partial charge in [0.05, 0.1) is 10.6 Å². The number of para-hydroxylation sites is 1. The number of nitrogens with zero attached hydrogens (tertiary/aromatic N) is 1. The van der Waals surface area contributed by atoms with E-state index in [4.69, 9.17) is 15.9 Å². The Hall–Kier alpha value is -1.88. The first kappa shape index (κ1) is 12.2. The number of hydrogen-bond donors (Lipinski definition) is 2. The number of hydrogen-bond acceptors (Lipinski definition) is 4. The van der Waals surface area contributed by atoms with Crippen molar-refractivity contribution < 1.29 is 4.74 Å². The molecule has 0 bridgehead atoms. The second-order valence-corrected chi connectivity index (χ2v) is 5.70. The van der Waals surface area contributed by atoms with Gasteiger partial charge in [0.25, 0.3) is 0 Å². The fraction of sp³-hybridized carbons (Fsp3) is 0.286. The van der Waals surface area contributed by atoms with Crippen LogP contribution in [-0.4, -0.2) is 10.8 Å². The maximum absolute atomic E-state index is 7.61. The summed E-state index contributed by atoms with van der Waals surface area (Å²) in [7, 11) is 0. The monoisotopic (exact) mass is 273 g/mol. The highest BCUT2D eigenvalue weighted by atomic mass is 32.1. The van der Waals surface area contributed by atoms with Crippen LogP contribution in [-0.2, 0) is 6.61 Å². The fourth-order valence-electron chi connectivity index (χ4n) is 1.93. The first-order chi connectivity index (χ1) is 9.24. The normalized spacial score (nSPS) is 14.3. The van der Waals surface area contributed by atoms with Crippen molar-refractivity contribution in [1.82, 2.24) is 4.98 Å². The van der Waals surface area contributed by atoms with Crippen LogP contribution < -0.4 is 10.5 Å². The van der Waals surface area contributed by atoms with Crippen LogP contribution in [0.4, 0.5) is 0 Å². The van der Waals surface area contributed by atoms with Crippen molar-refractivity contribution in [2.24, 2.45) is 5.73 Å². The molecule has 0 aliphatic heterocycles. The van der Waals surface area contributed by atoms with Crippen molar-refractivity contribution in [2.45, 2.75) is 25.4 Å². The number of rotatable bonds is 5. The second-order valence-electron chi connectivity index (χ2n) is 4.61. The van der Waals surface area contributed by atoms with Crippen molar-refractivity contribution in [3.63, 3.8) is 0 Å². The summed E-state index contributed by atoms with van der Waals surface area (Å²) in [6, 6.07) is 9.67. The Bertz CT molecular complexity index is 590. The molecular formula is C14H15N3OS. The van der Waals surface area contributed by atoms with Gasteiger partial charge in [-0.25, -0.2) is 4.98 Å². The van der Waals surface area contributed by atoms with E-state index in [2.05, 4.69) is 4.98 Å². The number of thiazole rings is 1. The second kappa shape index (κ2) is 5.01. The lowest BCUT2D eigenvalue weighted by Crippen LogP contribution is -2.11. The molecule has 1 aliphatic carbocycles. The minimum atomic E-state index is 0.116. The van der Waals surface area contributed by atoms with Crippen LogP contribution in [0.2, 0.25) is 0 Å². The van der Waals surface area contributed by atoms with E-state index in [1.807, 2.05) is 30.3 Å². The summed E-state index contributed by atoms with van der Waals surface area (Å²) in [6.07, 6.45) is 2.31. The van der Waals surface area contributed by atoms with Crippen LogP contribution in [0.5, 0.6) is 5.75 Å². The van der Waals surface area contributed by atoms with Crippen LogP contribution in [0.3, 0.4) is 0 Å². The van der Waals surface area contributed by atoms with Gasteiger partial charge in [-0.15, -0.1) is 11.3 Å². The molecule has 1 aromatic heterocycles. The predicted octanol–water partition coefficient (Wildman–Crippen LogP) is 2.88. The lowest BCUT2D eigenvalue weighted by atomic mass is 10.2. The van der Waals surface area contributed by atoms with Crippen LogP contribution in [0.25, 0.3) is 0 Å². The highest BCUT2D eigenvalue weighted by Gasteiger charge is 2.30. The molecule has 1 aromatic carbocycles. The van der Waals surface area contributed by atoms with Gasteiger partial charge in [0.2, 0.25) is 0 Å². The van der Waals surface area contributed by atoms with Gasteiger partial charge < -0.3 is 10.5 Å². The Morgan fingerprint density at radius 1 is 1.37 bits per heavy atom. The van der Waals surface area contributed by atoms with E-state index in [9.17, 15) is 0 Å². The zero-order valence-corrected chi connectivity index (χ0v) is 11.2. The standard InChI is InChI=1S/C14H15N3OS/c15-14(16)13-12(9-6-7-9)17-11(19-13)8-18-10-4-2-1-3-5-10/h1-5,9H,6-8H2,(H3,15,16). The first-order valence-corrected chi connectivity index (χ1v) is 7.07. The molecule has 0 spiro atoms. The Morgan fingerprint density at radius 2 is 2.11 bits per heavy atom. The summed E-state index contributed by atoms with van der Waals surface area (Å²) in [5.41, 5.74) is 6.60. The number of nitrogen functional groups attached to an aromatic ring is 1. The van der Waals surface area contributed by atoms with Gasteiger partial charge in [-0.3, -0.25) is 5.41 Å². The average molecular weight is 273 g/mol. The van der Waals surface area contributed by atoms with Gasteiger partial charge in [0.15, 0.2) is 0 Å². The third kappa shape index (κ3) is 2.76. The van der Waals surface area contributed by atoms with E-state index in [-0.39, 0.29) is 5.84 Å². The fourth-order valence-corrected chi connectivity index (χ4v) is 2.85. The number of benzene rings is 1. The topological polar surface area (TPSA) is 72.0 Å². The maximum atomic E-state index is 7.61. The van der Waals surface area contributed by atoms with E-state index in [1.165, 1.54) is 11.3 Å². The molecule has 1 aliphatic rings. The van der Waals surface area contributed by atoms with E-state index >= 15 is 0 Å². The van der Waals surface area contributed by atoms with Crippen molar-refractivity contribution in [3.8, 4) is 5.75 Å². The minimum Gasteiger partial charge on any atom is -0.486 e. The lowest BCUT2D eigenvalue weighted by molar-refractivity contribution is 0.305. The summed E-state index contributed by atoms with van der Waals surface area (Å²) >= 11 is 1.47. The van der Waals surface area contributed by atoms with Gasteiger partial charge in [-0.05, 0) is 25.0 Å². The van der Waals surface area contributed by atoms with Crippen LogP contribution in [0, 0.1) is 5.41 Å². The largest absolute Gasteiger partial charge is 0.486 e. The average Bonchev–Trinajstić information content (AvgIpc) is 3.17. The molecule has 1 fully saturated rings. The molecule has 0 atom stereocenters. The minimum absolute atomic E-state index is 0.116. The van der Waals surface area contributed by atoms with Crippen LogP contribution >= 0.6 is 11.3 Å². The van der Waals surface area contributed by atoms with E-state index < -0.39 is 0 Å². The number of nitrogens with two attached hydrogens (primary N) is 1. The van der Waals surface area contributed by atoms with Crippen LogP contribution in [0.15, 0.2) is 30.3 Å². The zero-order chi connectivity index (χ0) is 13.2. The number of ether oxygens (including phenoxy) is 1. The summed E-state index contributed by atoms with van der Waals surface area (Å²) in [4.78, 5) is 5.40. The smallest absolute Gasteiger partial charge is 0.140 e. The third-order valence-corrected chi connectivity index (χ3v) is 4.09. The maximum Gasteiger partial charge on any atom is 0.140 e. The molecule has 0 amide bonds. The van der Waals surface area contributed by atoms with Gasteiger partial charge in [-0.1, -0.05) is 18.2 Å². The van der Waals surface area contributed by atoms with E-state index in [1.54, 1.807) is 0 Å². The summed E-state index contributed by atoms with van der Waals surface area (Å²) < 4.78 is 5.68. The Balaban J connectivity index is 1.74. The first-order valence-electron chi connectivity index (χ1n) is 6.26. The molecule has 0 saturated heterocycles. The number of aromatic nitrogens is 1. The number of amidine groups is 1. The summed E-state index contributed by atoms with van der Waals surface area (Å²) in [5, 5.41) is 8.50. The van der Waals surface area contributed by atoms with Crippen molar-refractivity contribution in [3.05, 3.63) is 45.9 Å². The summed E-state index contributed by atoms with van der Waals surface area (Å²) in [6.45, 7) is 0.432. The molecule has 19 heavy (non-hydrogen) atoms. The van der Waals surface area contributed by atoms with E-state index in [0.717, 1.165) is 34.2 Å². The SMILES string of the molecule is N=C(N)c1sc(COc2ccccc2)nc1C1CC1. The molecular weight excluding hydrogens is 258 g/mol. The number of nitrogens with one attached hydrogen (secondary N) is 1. The van der Waals surface area contributed by atoms with Gasteiger partial charge >= 0.3 is 0 Å². The van der Waals surface area contributed by atoms with Crippen molar-refractivity contribution >= 4 is 17.2 Å². The van der Waals surface area contributed by atoms with Crippen LogP contribution in [0.1, 0.15) is 34.3 Å². The molecule has 2 aromatic rings. The third-order valence-electron chi connectivity index (χ3n) is 3.01. The molecule has 5 heteroatoms. The molecule has 4 nitrogen and oxygen atoms in total. The highest BCUT2D eigenvalue weighted by Crippen LogP contribution is 2.42. The molecule has 0 radical (unpaired) electrons. The Labute approximate surface area is 115 Å². The van der Waals surface area contributed by atoms with Gasteiger partial charge in [-0.2, -0.15) is 0 Å². The summed E-state index contributed by atoms with van der Waals surface area (Å²) in [5.74, 6) is 1.45.